The number of rotatable bonds is 8. The molecule has 1 aromatic heterocycles. The van der Waals surface area contributed by atoms with Crippen LogP contribution < -0.4 is 5.63 Å². The molecule has 0 radical (unpaired) electrons. The van der Waals surface area contributed by atoms with Crippen LogP contribution in [-0.4, -0.2) is 24.7 Å². The zero-order chi connectivity index (χ0) is 20.2. The molecule has 6 heteroatoms. The lowest BCUT2D eigenvalue weighted by Gasteiger charge is -2.18. The summed E-state index contributed by atoms with van der Waals surface area (Å²) in [5.41, 5.74) is 1.77. The second kappa shape index (κ2) is 8.38. The average molecular weight is 393 g/mol. The van der Waals surface area contributed by atoms with Crippen molar-refractivity contribution in [2.75, 3.05) is 5.75 Å². The largest absolute Gasteiger partial charge is 0.423 e. The molecular formula is C21H28O5S. The Balaban J connectivity index is 1.84. The molecule has 0 amide bonds. The van der Waals surface area contributed by atoms with Crippen molar-refractivity contribution in [3.63, 3.8) is 0 Å². The summed E-state index contributed by atoms with van der Waals surface area (Å²) < 4.78 is 28.6. The maximum atomic E-state index is 12.2. The summed E-state index contributed by atoms with van der Waals surface area (Å²) in [6.45, 7) is 6.97. The van der Waals surface area contributed by atoms with Gasteiger partial charge in [0.2, 0.25) is 0 Å². The number of carbonyl (C=O) groups excluding carboxylic acids is 1. The number of Topliss-reactive ketones (excluding diaryl/α,β-unsaturated/α-hetero) is 1. The van der Waals surface area contributed by atoms with Gasteiger partial charge in [-0.1, -0.05) is 18.6 Å². The highest BCUT2D eigenvalue weighted by molar-refractivity contribution is 7.92. The Kier molecular flexibility index (Phi) is 6.63. The fraction of sp³-hybridized carbons (Fsp3) is 0.524. The molecule has 0 N–H and O–H groups in total. The van der Waals surface area contributed by atoms with Crippen LogP contribution in [0.15, 0.2) is 33.5 Å². The quantitative estimate of drug-likeness (QED) is 0.501. The van der Waals surface area contributed by atoms with Gasteiger partial charge in [-0.05, 0) is 57.7 Å². The highest BCUT2D eigenvalue weighted by Gasteiger charge is 2.27. The van der Waals surface area contributed by atoms with Gasteiger partial charge in [-0.2, -0.15) is 0 Å². The maximum absolute atomic E-state index is 12.2. The topological polar surface area (TPSA) is 81.4 Å². The molecule has 0 atom stereocenters. The Hall–Kier alpha value is -1.95. The van der Waals surface area contributed by atoms with Crippen LogP contribution in [0.25, 0.3) is 11.0 Å². The van der Waals surface area contributed by atoms with Crippen LogP contribution in [0.1, 0.15) is 57.6 Å². The van der Waals surface area contributed by atoms with E-state index in [1.54, 1.807) is 26.8 Å². The zero-order valence-electron chi connectivity index (χ0n) is 16.5. The van der Waals surface area contributed by atoms with Gasteiger partial charge in [0.05, 0.1) is 10.5 Å². The molecule has 0 aliphatic carbocycles. The minimum absolute atomic E-state index is 0.100. The van der Waals surface area contributed by atoms with Gasteiger partial charge in [-0.25, -0.2) is 13.2 Å². The first-order valence-corrected chi connectivity index (χ1v) is 10.9. The van der Waals surface area contributed by atoms with Gasteiger partial charge >= 0.3 is 5.63 Å². The van der Waals surface area contributed by atoms with E-state index >= 15 is 0 Å². The first-order valence-electron chi connectivity index (χ1n) is 9.27. The molecule has 0 saturated heterocycles. The number of hydrogen-bond donors (Lipinski definition) is 0. The van der Waals surface area contributed by atoms with E-state index in [4.69, 9.17) is 4.42 Å². The van der Waals surface area contributed by atoms with Crippen LogP contribution in [0.3, 0.4) is 0 Å². The molecule has 0 unspecified atom stereocenters. The van der Waals surface area contributed by atoms with E-state index in [1.165, 1.54) is 6.07 Å². The molecular weight excluding hydrogens is 364 g/mol. The third-order valence-electron chi connectivity index (χ3n) is 4.72. The molecule has 27 heavy (non-hydrogen) atoms. The second-order valence-corrected chi connectivity index (χ2v) is 10.9. The molecule has 0 fully saturated rings. The Bertz CT molecular complexity index is 978. The van der Waals surface area contributed by atoms with Crippen LogP contribution in [-0.2, 0) is 21.1 Å². The Morgan fingerprint density at radius 2 is 1.78 bits per heavy atom. The molecule has 0 saturated carbocycles. The minimum atomic E-state index is -3.10. The number of ketones is 1. The van der Waals surface area contributed by atoms with E-state index in [-0.39, 0.29) is 18.0 Å². The average Bonchev–Trinajstić information content (AvgIpc) is 2.52. The summed E-state index contributed by atoms with van der Waals surface area (Å²) in [6, 6.07) is 6.95. The van der Waals surface area contributed by atoms with Crippen molar-refractivity contribution in [1.82, 2.24) is 0 Å². The lowest BCUT2D eigenvalue weighted by molar-refractivity contribution is -0.118. The monoisotopic (exact) mass is 392 g/mol. The number of fused-ring (bicyclic) bond motifs is 1. The second-order valence-electron chi connectivity index (χ2n) is 8.04. The third kappa shape index (κ3) is 5.76. The van der Waals surface area contributed by atoms with Crippen LogP contribution in [0.4, 0.5) is 0 Å². The van der Waals surface area contributed by atoms with Crippen molar-refractivity contribution in [1.29, 1.82) is 0 Å². The standard InChI is InChI=1S/C21H28O5S/c1-15-12-20(23)26-19-14-16(9-10-18(15)19)13-17(22)8-6-5-7-11-27(24,25)21(2,3)4/h9-10,12,14H,5-8,11,13H2,1-4H3. The molecule has 148 valence electrons. The predicted molar refractivity (Wildman–Crippen MR) is 108 cm³/mol. The van der Waals surface area contributed by atoms with Crippen molar-refractivity contribution in [2.24, 2.45) is 0 Å². The number of benzene rings is 1. The van der Waals surface area contributed by atoms with Crippen LogP contribution >= 0.6 is 0 Å². The van der Waals surface area contributed by atoms with Crippen molar-refractivity contribution >= 4 is 26.6 Å². The van der Waals surface area contributed by atoms with E-state index in [2.05, 4.69) is 0 Å². The van der Waals surface area contributed by atoms with Gasteiger partial charge < -0.3 is 4.42 Å². The first kappa shape index (κ1) is 21.4. The summed E-state index contributed by atoms with van der Waals surface area (Å²) in [5, 5.41) is 0.867. The van der Waals surface area contributed by atoms with E-state index in [9.17, 15) is 18.0 Å². The van der Waals surface area contributed by atoms with Gasteiger partial charge in [0.1, 0.15) is 11.4 Å². The Labute approximate surface area is 160 Å². The summed E-state index contributed by atoms with van der Waals surface area (Å²) in [5.74, 6) is 0.260. The number of sulfone groups is 1. The molecule has 0 aliphatic heterocycles. The van der Waals surface area contributed by atoms with Crippen molar-refractivity contribution in [3.8, 4) is 0 Å². The van der Waals surface area contributed by atoms with E-state index in [0.29, 0.717) is 31.3 Å². The lowest BCUT2D eigenvalue weighted by Crippen LogP contribution is -2.30. The number of carbonyl (C=O) groups is 1. The summed E-state index contributed by atoms with van der Waals surface area (Å²) in [6.07, 6.45) is 2.68. The zero-order valence-corrected chi connectivity index (χ0v) is 17.3. The molecule has 0 spiro atoms. The number of aryl methyl sites for hydroxylation is 1. The Morgan fingerprint density at radius 3 is 2.44 bits per heavy atom. The third-order valence-corrected chi connectivity index (χ3v) is 7.41. The highest BCUT2D eigenvalue weighted by Crippen LogP contribution is 2.20. The molecule has 2 aromatic rings. The van der Waals surface area contributed by atoms with Gasteiger partial charge in [0, 0.05) is 24.3 Å². The molecule has 1 heterocycles. The van der Waals surface area contributed by atoms with E-state index in [0.717, 1.165) is 16.5 Å². The predicted octanol–water partition coefficient (Wildman–Crippen LogP) is 3.99. The minimum Gasteiger partial charge on any atom is -0.423 e. The van der Waals surface area contributed by atoms with Gasteiger partial charge in [-0.3, -0.25) is 4.79 Å². The highest BCUT2D eigenvalue weighted by atomic mass is 32.2. The van der Waals surface area contributed by atoms with Crippen molar-refractivity contribution < 1.29 is 17.6 Å². The fourth-order valence-corrected chi connectivity index (χ4v) is 4.09. The van der Waals surface area contributed by atoms with Crippen LogP contribution in [0.5, 0.6) is 0 Å². The molecule has 2 rings (SSSR count). The van der Waals surface area contributed by atoms with Gasteiger partial charge in [0.25, 0.3) is 0 Å². The van der Waals surface area contributed by atoms with Crippen molar-refractivity contribution in [2.45, 2.75) is 64.5 Å². The lowest BCUT2D eigenvalue weighted by atomic mass is 10.0. The SMILES string of the molecule is Cc1cc(=O)oc2cc(CC(=O)CCCCCS(=O)(=O)C(C)(C)C)ccc12. The Morgan fingerprint density at radius 1 is 1.07 bits per heavy atom. The summed E-state index contributed by atoms with van der Waals surface area (Å²) in [7, 11) is -3.10. The van der Waals surface area contributed by atoms with Crippen LogP contribution in [0.2, 0.25) is 0 Å². The van der Waals surface area contributed by atoms with Crippen LogP contribution in [0, 0.1) is 6.92 Å². The number of hydrogen-bond acceptors (Lipinski definition) is 5. The summed E-state index contributed by atoms with van der Waals surface area (Å²) in [4.78, 5) is 23.7. The number of unbranched alkanes of at least 4 members (excludes halogenated alkanes) is 2. The van der Waals surface area contributed by atoms with Gasteiger partial charge in [-0.15, -0.1) is 0 Å². The molecule has 5 nitrogen and oxygen atoms in total. The molecule has 1 aromatic carbocycles. The maximum Gasteiger partial charge on any atom is 0.336 e. The smallest absolute Gasteiger partial charge is 0.336 e. The van der Waals surface area contributed by atoms with Gasteiger partial charge in [0.15, 0.2) is 9.84 Å². The molecule has 0 bridgehead atoms. The molecule has 0 aliphatic rings. The van der Waals surface area contributed by atoms with E-state index in [1.807, 2.05) is 19.1 Å². The first-order chi connectivity index (χ1) is 12.5. The fourth-order valence-electron chi connectivity index (χ4n) is 2.89. The van der Waals surface area contributed by atoms with E-state index < -0.39 is 20.2 Å². The van der Waals surface area contributed by atoms with Crippen molar-refractivity contribution in [3.05, 3.63) is 45.8 Å². The normalized spacial score (nSPS) is 12.4. The summed E-state index contributed by atoms with van der Waals surface area (Å²) >= 11 is 0.